The van der Waals surface area contributed by atoms with E-state index in [4.69, 9.17) is 0 Å². The highest BCUT2D eigenvalue weighted by atomic mass is 19.1. The molecule has 5 heteroatoms. The van der Waals surface area contributed by atoms with Crippen LogP contribution < -0.4 is 5.32 Å². The van der Waals surface area contributed by atoms with Crippen LogP contribution >= 0.6 is 0 Å². The van der Waals surface area contributed by atoms with Crippen LogP contribution in [0.5, 0.6) is 0 Å². The summed E-state index contributed by atoms with van der Waals surface area (Å²) in [6.45, 7) is 2.50. The Morgan fingerprint density at radius 3 is 2.84 bits per heavy atom. The van der Waals surface area contributed by atoms with Crippen molar-refractivity contribution in [2.75, 3.05) is 6.54 Å². The van der Waals surface area contributed by atoms with E-state index in [1.54, 1.807) is 12.3 Å². The van der Waals surface area contributed by atoms with Crippen LogP contribution in [0.4, 0.5) is 4.39 Å². The Kier molecular flexibility index (Phi) is 3.76. The SMILES string of the molecule is Cc1cccc2[nH]c(C(=O)NCCc3c[nH]c4c(F)cccc34)cc12. The number of hydrogen-bond donors (Lipinski definition) is 3. The molecule has 4 rings (SSSR count). The highest BCUT2D eigenvalue weighted by Gasteiger charge is 2.11. The Morgan fingerprint density at radius 1 is 1.16 bits per heavy atom. The Bertz CT molecular complexity index is 1080. The first-order chi connectivity index (χ1) is 12.1. The molecule has 0 unspecified atom stereocenters. The first kappa shape index (κ1) is 15.4. The Morgan fingerprint density at radius 2 is 2.00 bits per heavy atom. The fourth-order valence-electron chi connectivity index (χ4n) is 3.22. The second kappa shape index (κ2) is 6.09. The minimum atomic E-state index is -0.263. The van der Waals surface area contributed by atoms with Crippen LogP contribution in [-0.2, 0) is 6.42 Å². The van der Waals surface area contributed by atoms with Gasteiger partial charge in [0.1, 0.15) is 11.5 Å². The number of carbonyl (C=O) groups is 1. The molecule has 0 aliphatic rings. The number of amides is 1. The van der Waals surface area contributed by atoms with Gasteiger partial charge in [-0.2, -0.15) is 0 Å². The lowest BCUT2D eigenvalue weighted by molar-refractivity contribution is 0.0950. The maximum atomic E-state index is 13.7. The number of fused-ring (bicyclic) bond motifs is 2. The molecule has 0 spiro atoms. The van der Waals surface area contributed by atoms with Gasteiger partial charge in [0.05, 0.1) is 5.52 Å². The van der Waals surface area contributed by atoms with E-state index >= 15 is 0 Å². The maximum Gasteiger partial charge on any atom is 0.267 e. The minimum absolute atomic E-state index is 0.137. The highest BCUT2D eigenvalue weighted by Crippen LogP contribution is 2.21. The van der Waals surface area contributed by atoms with Gasteiger partial charge in [-0.15, -0.1) is 0 Å². The fourth-order valence-corrected chi connectivity index (χ4v) is 3.22. The summed E-state index contributed by atoms with van der Waals surface area (Å²) >= 11 is 0. The van der Waals surface area contributed by atoms with Crippen molar-refractivity contribution in [2.24, 2.45) is 0 Å². The predicted molar refractivity (Wildman–Crippen MR) is 97.3 cm³/mol. The van der Waals surface area contributed by atoms with Crippen molar-refractivity contribution in [2.45, 2.75) is 13.3 Å². The smallest absolute Gasteiger partial charge is 0.267 e. The lowest BCUT2D eigenvalue weighted by Crippen LogP contribution is -2.25. The van der Waals surface area contributed by atoms with Gasteiger partial charge in [-0.1, -0.05) is 24.3 Å². The summed E-state index contributed by atoms with van der Waals surface area (Å²) < 4.78 is 13.7. The van der Waals surface area contributed by atoms with E-state index in [9.17, 15) is 9.18 Å². The molecule has 0 fully saturated rings. The summed E-state index contributed by atoms with van der Waals surface area (Å²) in [5, 5.41) is 4.83. The number of carbonyl (C=O) groups excluding carboxylic acids is 1. The van der Waals surface area contributed by atoms with Crippen LogP contribution in [0.2, 0.25) is 0 Å². The molecule has 2 aromatic heterocycles. The molecule has 3 N–H and O–H groups in total. The van der Waals surface area contributed by atoms with E-state index < -0.39 is 0 Å². The third-order valence-corrected chi connectivity index (χ3v) is 4.56. The zero-order chi connectivity index (χ0) is 17.4. The first-order valence-corrected chi connectivity index (χ1v) is 8.24. The standard InChI is InChI=1S/C20H18FN3O/c1-12-4-2-7-17-15(12)10-18(24-17)20(25)22-9-8-13-11-23-19-14(13)5-3-6-16(19)21/h2-7,10-11,23-24H,8-9H2,1H3,(H,22,25). The second-order valence-corrected chi connectivity index (χ2v) is 6.20. The molecule has 2 aromatic carbocycles. The zero-order valence-electron chi connectivity index (χ0n) is 13.8. The molecule has 0 radical (unpaired) electrons. The van der Waals surface area contributed by atoms with Crippen molar-refractivity contribution in [3.63, 3.8) is 0 Å². The van der Waals surface area contributed by atoms with Crippen LogP contribution in [0.1, 0.15) is 21.6 Å². The van der Waals surface area contributed by atoms with Gasteiger partial charge in [0, 0.05) is 29.0 Å². The van der Waals surface area contributed by atoms with Gasteiger partial charge in [0.2, 0.25) is 0 Å². The van der Waals surface area contributed by atoms with Crippen LogP contribution in [0.3, 0.4) is 0 Å². The number of aromatic amines is 2. The molecule has 4 aromatic rings. The second-order valence-electron chi connectivity index (χ2n) is 6.20. The Labute approximate surface area is 144 Å². The van der Waals surface area contributed by atoms with E-state index in [-0.39, 0.29) is 11.7 Å². The minimum Gasteiger partial charge on any atom is -0.359 e. The van der Waals surface area contributed by atoms with Gasteiger partial charge in [0.15, 0.2) is 0 Å². The highest BCUT2D eigenvalue weighted by molar-refractivity contribution is 5.98. The molecular formula is C20H18FN3O. The van der Waals surface area contributed by atoms with Crippen molar-refractivity contribution in [3.05, 3.63) is 71.3 Å². The van der Waals surface area contributed by atoms with Crippen molar-refractivity contribution in [1.82, 2.24) is 15.3 Å². The van der Waals surface area contributed by atoms with E-state index in [0.29, 0.717) is 24.2 Å². The molecule has 0 saturated heterocycles. The van der Waals surface area contributed by atoms with E-state index in [2.05, 4.69) is 15.3 Å². The molecule has 126 valence electrons. The van der Waals surface area contributed by atoms with Gasteiger partial charge in [-0.25, -0.2) is 4.39 Å². The van der Waals surface area contributed by atoms with Crippen molar-refractivity contribution in [1.29, 1.82) is 0 Å². The number of para-hydroxylation sites is 1. The number of hydrogen-bond acceptors (Lipinski definition) is 1. The quantitative estimate of drug-likeness (QED) is 0.517. The van der Waals surface area contributed by atoms with Gasteiger partial charge in [-0.05, 0) is 42.7 Å². The zero-order valence-corrected chi connectivity index (χ0v) is 13.8. The number of nitrogens with one attached hydrogen (secondary N) is 3. The Balaban J connectivity index is 1.46. The lowest BCUT2D eigenvalue weighted by Gasteiger charge is -2.03. The number of rotatable bonds is 4. The van der Waals surface area contributed by atoms with Crippen LogP contribution in [0.25, 0.3) is 21.8 Å². The monoisotopic (exact) mass is 335 g/mol. The van der Waals surface area contributed by atoms with Crippen LogP contribution in [0, 0.1) is 12.7 Å². The molecular weight excluding hydrogens is 317 g/mol. The summed E-state index contributed by atoms with van der Waals surface area (Å²) in [4.78, 5) is 18.5. The lowest BCUT2D eigenvalue weighted by atomic mass is 10.1. The molecule has 0 saturated carbocycles. The first-order valence-electron chi connectivity index (χ1n) is 8.24. The third kappa shape index (κ3) is 2.78. The average Bonchev–Trinajstić information content (AvgIpc) is 3.21. The summed E-state index contributed by atoms with van der Waals surface area (Å²) in [7, 11) is 0. The van der Waals surface area contributed by atoms with Gasteiger partial charge < -0.3 is 15.3 Å². The van der Waals surface area contributed by atoms with Crippen LogP contribution in [0.15, 0.2) is 48.7 Å². The number of aromatic nitrogens is 2. The summed E-state index contributed by atoms with van der Waals surface area (Å²) in [6.07, 6.45) is 2.43. The fraction of sp³-hybridized carbons (Fsp3) is 0.150. The number of aryl methyl sites for hydroxylation is 1. The molecule has 25 heavy (non-hydrogen) atoms. The number of halogens is 1. The third-order valence-electron chi connectivity index (χ3n) is 4.56. The van der Waals surface area contributed by atoms with E-state index in [0.717, 1.165) is 27.4 Å². The Hall–Kier alpha value is -3.08. The topological polar surface area (TPSA) is 60.7 Å². The molecule has 2 heterocycles. The largest absolute Gasteiger partial charge is 0.359 e. The van der Waals surface area contributed by atoms with Crippen molar-refractivity contribution < 1.29 is 9.18 Å². The van der Waals surface area contributed by atoms with Crippen molar-refractivity contribution >= 4 is 27.7 Å². The van der Waals surface area contributed by atoms with Gasteiger partial charge in [0.25, 0.3) is 5.91 Å². The van der Waals surface area contributed by atoms with E-state index in [1.807, 2.05) is 37.3 Å². The molecule has 0 aliphatic heterocycles. The molecule has 0 atom stereocenters. The average molecular weight is 335 g/mol. The van der Waals surface area contributed by atoms with Gasteiger partial charge in [-0.3, -0.25) is 4.79 Å². The van der Waals surface area contributed by atoms with E-state index in [1.165, 1.54) is 6.07 Å². The maximum absolute atomic E-state index is 13.7. The van der Waals surface area contributed by atoms with Gasteiger partial charge >= 0.3 is 0 Å². The molecule has 4 nitrogen and oxygen atoms in total. The summed E-state index contributed by atoms with van der Waals surface area (Å²) in [5.41, 5.74) is 4.14. The van der Waals surface area contributed by atoms with Crippen LogP contribution in [-0.4, -0.2) is 22.4 Å². The summed E-state index contributed by atoms with van der Waals surface area (Å²) in [6, 6.07) is 12.8. The summed E-state index contributed by atoms with van der Waals surface area (Å²) in [5.74, 6) is -0.400. The normalized spacial score (nSPS) is 11.3. The molecule has 0 aliphatic carbocycles. The number of H-pyrrole nitrogens is 2. The predicted octanol–water partition coefficient (Wildman–Crippen LogP) is 4.07. The molecule has 1 amide bonds. The number of benzene rings is 2. The van der Waals surface area contributed by atoms with Crippen molar-refractivity contribution in [3.8, 4) is 0 Å². The molecule has 0 bridgehead atoms.